The Bertz CT molecular complexity index is 1330. The van der Waals surface area contributed by atoms with E-state index in [2.05, 4.69) is 31.1 Å². The van der Waals surface area contributed by atoms with Crippen molar-refractivity contribution in [2.24, 2.45) is 0 Å². The van der Waals surface area contributed by atoms with E-state index in [0.29, 0.717) is 15.7 Å². The number of aliphatic hydroxyl groups is 2. The van der Waals surface area contributed by atoms with Gasteiger partial charge in [0.2, 0.25) is 0 Å². The van der Waals surface area contributed by atoms with Crippen molar-refractivity contribution in [3.63, 3.8) is 0 Å². The van der Waals surface area contributed by atoms with Gasteiger partial charge in [-0.2, -0.15) is 10.2 Å². The maximum atomic E-state index is 13.7. The lowest BCUT2D eigenvalue weighted by atomic mass is 10.1. The number of esters is 1. The number of para-hydroxylation sites is 1. The zero-order valence-corrected chi connectivity index (χ0v) is 23.3. The first-order valence-electron chi connectivity index (χ1n) is 11.8. The molecule has 2 aromatic heterocycles. The lowest BCUT2D eigenvalue weighted by molar-refractivity contribution is -0.149. The number of hydrogen-bond donors (Lipinski definition) is 4. The van der Waals surface area contributed by atoms with Crippen LogP contribution in [0.15, 0.2) is 47.2 Å². The molecule has 38 heavy (non-hydrogen) atoms. The summed E-state index contributed by atoms with van der Waals surface area (Å²) in [6, 6.07) is 8.85. The quantitative estimate of drug-likeness (QED) is 0.194. The molecule has 0 spiro atoms. The molecule has 13 nitrogen and oxygen atoms in total. The van der Waals surface area contributed by atoms with Gasteiger partial charge in [-0.3, -0.25) is 9.32 Å². The molecule has 1 aliphatic rings. The number of nitrogens with zero attached hydrogens (tertiary/aromatic N) is 3. The molecular formula is C23H29BrN5O8P. The summed E-state index contributed by atoms with van der Waals surface area (Å²) >= 11 is 3.40. The molecule has 1 saturated heterocycles. The Morgan fingerprint density at radius 1 is 1.26 bits per heavy atom. The molecule has 5 N–H and O–H groups in total. The highest BCUT2D eigenvalue weighted by Crippen LogP contribution is 2.46. The largest absolute Gasteiger partial charge is 0.462 e. The number of aromatic nitrogens is 3. The van der Waals surface area contributed by atoms with E-state index in [1.165, 1.54) is 17.8 Å². The number of nitrogens with two attached hydrogens (primary N) is 1. The standard InChI is InChI=1S/C23H29BrN5O8P/c1-12(2)35-23(32)13(3)28-38(33,37-14-7-5-4-6-8-14)34-10-17-19(30)20(31)21(36-17)16-9-15(24)18-22(25)26-11-27-29(16)18/h4-9,11-13,17,19-21,30-31H,10H2,1-3H3,(H,28,33)(H2,25,26,27)/t13-,17-,19-,20-,21+,38?/m1/s1. The Hall–Kier alpha value is -2.58. The van der Waals surface area contributed by atoms with Crippen LogP contribution in [0.4, 0.5) is 5.82 Å². The number of benzene rings is 1. The maximum absolute atomic E-state index is 13.7. The first-order valence-corrected chi connectivity index (χ1v) is 14.1. The Labute approximate surface area is 227 Å². The minimum absolute atomic E-state index is 0.209. The summed E-state index contributed by atoms with van der Waals surface area (Å²) in [6.07, 6.45) is -4.03. The number of nitrogen functional groups attached to an aromatic ring is 1. The molecule has 1 fully saturated rings. The van der Waals surface area contributed by atoms with Crippen LogP contribution in [0.25, 0.3) is 5.52 Å². The van der Waals surface area contributed by atoms with Gasteiger partial charge in [-0.25, -0.2) is 14.1 Å². The fraction of sp³-hybridized carbons (Fsp3) is 0.435. The average molecular weight is 614 g/mol. The second-order valence-corrected chi connectivity index (χ2v) is 11.5. The van der Waals surface area contributed by atoms with Gasteiger partial charge in [0.15, 0.2) is 5.82 Å². The van der Waals surface area contributed by atoms with Crippen molar-refractivity contribution in [1.29, 1.82) is 0 Å². The van der Waals surface area contributed by atoms with Crippen molar-refractivity contribution in [2.75, 3.05) is 12.3 Å². The molecule has 0 bridgehead atoms. The van der Waals surface area contributed by atoms with Crippen LogP contribution in [0.2, 0.25) is 0 Å². The first kappa shape index (κ1) is 28.4. The SMILES string of the molecule is CC(C)OC(=O)[C@@H](C)NP(=O)(OC[C@H]1O[C@@H](c2cc(Br)c3c(N)ncnn23)[C@H](O)[C@@H]1O)Oc1ccccc1. The average Bonchev–Trinajstić information content (AvgIpc) is 3.34. The normalized spacial score (nSPS) is 23.9. The van der Waals surface area contributed by atoms with E-state index in [4.69, 9.17) is 24.3 Å². The molecule has 0 amide bonds. The van der Waals surface area contributed by atoms with Gasteiger partial charge < -0.3 is 29.9 Å². The highest BCUT2D eigenvalue weighted by Gasteiger charge is 2.46. The van der Waals surface area contributed by atoms with E-state index in [-0.39, 0.29) is 17.7 Å². The van der Waals surface area contributed by atoms with Crippen LogP contribution in [-0.2, 0) is 23.4 Å². The van der Waals surface area contributed by atoms with E-state index in [1.54, 1.807) is 50.2 Å². The van der Waals surface area contributed by atoms with Crippen molar-refractivity contribution < 1.29 is 38.1 Å². The highest BCUT2D eigenvalue weighted by atomic mass is 79.9. The summed E-state index contributed by atoms with van der Waals surface area (Å²) in [6.45, 7) is 4.39. The molecule has 3 heterocycles. The van der Waals surface area contributed by atoms with Crippen molar-refractivity contribution in [3.8, 4) is 5.75 Å². The molecule has 1 aromatic carbocycles. The Morgan fingerprint density at radius 3 is 2.66 bits per heavy atom. The fourth-order valence-corrected chi connectivity index (χ4v) is 5.99. The zero-order valence-electron chi connectivity index (χ0n) is 20.8. The van der Waals surface area contributed by atoms with E-state index in [0.717, 1.165) is 0 Å². The lowest BCUT2D eigenvalue weighted by Crippen LogP contribution is -2.38. The minimum atomic E-state index is -4.20. The number of carbonyl (C=O) groups is 1. The lowest BCUT2D eigenvalue weighted by Gasteiger charge is -2.25. The molecular weight excluding hydrogens is 585 g/mol. The second-order valence-electron chi connectivity index (χ2n) is 8.93. The molecule has 6 atom stereocenters. The van der Waals surface area contributed by atoms with Crippen LogP contribution in [0, 0.1) is 0 Å². The number of nitrogens with one attached hydrogen (secondary N) is 1. The summed E-state index contributed by atoms with van der Waals surface area (Å²) < 4.78 is 38.0. The van der Waals surface area contributed by atoms with Gasteiger partial charge in [0, 0.05) is 4.47 Å². The first-order chi connectivity index (χ1) is 18.0. The highest BCUT2D eigenvalue weighted by molar-refractivity contribution is 9.10. The van der Waals surface area contributed by atoms with Crippen molar-refractivity contribution in [2.45, 2.75) is 57.3 Å². The van der Waals surface area contributed by atoms with Crippen LogP contribution >= 0.6 is 23.7 Å². The summed E-state index contributed by atoms with van der Waals surface area (Å²) in [5, 5.41) is 28.2. The number of aliphatic hydroxyl groups excluding tert-OH is 2. The number of rotatable bonds is 10. The molecule has 0 aliphatic carbocycles. The van der Waals surface area contributed by atoms with Gasteiger partial charge in [-0.05, 0) is 54.9 Å². The summed E-state index contributed by atoms with van der Waals surface area (Å²) in [5.41, 5.74) is 6.82. The van der Waals surface area contributed by atoms with E-state index >= 15 is 0 Å². The molecule has 15 heteroatoms. The number of carbonyl (C=O) groups excluding carboxylic acids is 1. The summed E-state index contributed by atoms with van der Waals surface area (Å²) in [4.78, 5) is 16.3. The van der Waals surface area contributed by atoms with E-state index < -0.39 is 50.8 Å². The number of hydrogen-bond acceptors (Lipinski definition) is 11. The third-order valence-corrected chi connectivity index (χ3v) is 7.90. The van der Waals surface area contributed by atoms with Gasteiger partial charge in [0.05, 0.1) is 18.4 Å². The molecule has 1 unspecified atom stereocenters. The maximum Gasteiger partial charge on any atom is 0.459 e. The van der Waals surface area contributed by atoms with Gasteiger partial charge in [0.25, 0.3) is 0 Å². The molecule has 0 saturated carbocycles. The Morgan fingerprint density at radius 2 is 1.97 bits per heavy atom. The summed E-state index contributed by atoms with van der Waals surface area (Å²) in [7, 11) is -4.20. The Kier molecular flexibility index (Phi) is 8.72. The van der Waals surface area contributed by atoms with Crippen LogP contribution in [0.5, 0.6) is 5.75 Å². The Balaban J connectivity index is 1.52. The zero-order chi connectivity index (χ0) is 27.6. The van der Waals surface area contributed by atoms with Crippen LogP contribution in [0.1, 0.15) is 32.6 Å². The predicted molar refractivity (Wildman–Crippen MR) is 139 cm³/mol. The number of fused-ring (bicyclic) bond motifs is 1. The van der Waals surface area contributed by atoms with Gasteiger partial charge in [0.1, 0.15) is 48.1 Å². The van der Waals surface area contributed by atoms with Gasteiger partial charge in [-0.1, -0.05) is 18.2 Å². The number of ether oxygens (including phenoxy) is 2. The van der Waals surface area contributed by atoms with Crippen molar-refractivity contribution >= 4 is 41.0 Å². The topological polar surface area (TPSA) is 180 Å². The van der Waals surface area contributed by atoms with E-state index in [9.17, 15) is 19.6 Å². The van der Waals surface area contributed by atoms with Gasteiger partial charge in [-0.15, -0.1) is 0 Å². The molecule has 206 valence electrons. The monoisotopic (exact) mass is 613 g/mol. The summed E-state index contributed by atoms with van der Waals surface area (Å²) in [5.74, 6) is -0.221. The van der Waals surface area contributed by atoms with Crippen LogP contribution in [0.3, 0.4) is 0 Å². The molecule has 4 rings (SSSR count). The van der Waals surface area contributed by atoms with Crippen LogP contribution in [-0.4, -0.2) is 67.8 Å². The van der Waals surface area contributed by atoms with Crippen LogP contribution < -0.4 is 15.3 Å². The third-order valence-electron chi connectivity index (χ3n) is 5.65. The second kappa shape index (κ2) is 11.7. The molecule has 0 radical (unpaired) electrons. The third kappa shape index (κ3) is 6.18. The number of anilines is 1. The fourth-order valence-electron chi connectivity index (χ4n) is 3.89. The molecule has 3 aromatic rings. The predicted octanol–water partition coefficient (Wildman–Crippen LogP) is 2.37. The van der Waals surface area contributed by atoms with E-state index in [1.807, 2.05) is 0 Å². The smallest absolute Gasteiger partial charge is 0.459 e. The minimum Gasteiger partial charge on any atom is -0.462 e. The molecule has 1 aliphatic heterocycles. The van der Waals surface area contributed by atoms with Crippen molar-refractivity contribution in [1.82, 2.24) is 19.7 Å². The number of halogens is 1. The van der Waals surface area contributed by atoms with Crippen molar-refractivity contribution in [3.05, 3.63) is 52.9 Å². The van der Waals surface area contributed by atoms with Gasteiger partial charge >= 0.3 is 13.7 Å².